The van der Waals surface area contributed by atoms with Crippen molar-refractivity contribution in [2.24, 2.45) is 0 Å². The average molecular weight is 241 g/mol. The number of nitrogens with zero attached hydrogens (tertiary/aromatic N) is 1. The first-order valence-electron chi connectivity index (χ1n) is 5.91. The Labute approximate surface area is 103 Å². The van der Waals surface area contributed by atoms with Gasteiger partial charge in [0.2, 0.25) is 0 Å². The molecule has 0 aliphatic heterocycles. The fourth-order valence-electron chi connectivity index (χ4n) is 1.69. The summed E-state index contributed by atoms with van der Waals surface area (Å²) >= 11 is 1.79. The number of aryl methyl sites for hydroxylation is 2. The molecule has 0 fully saturated rings. The number of nitrogens with one attached hydrogen (secondary N) is 2. The first kappa shape index (κ1) is 13.6. The lowest BCUT2D eigenvalue weighted by Crippen LogP contribution is -2.32. The van der Waals surface area contributed by atoms with Gasteiger partial charge in [-0.1, -0.05) is 13.8 Å². The average Bonchev–Trinajstić information content (AvgIpc) is 2.52. The number of rotatable bonds is 6. The van der Waals surface area contributed by atoms with Crippen molar-refractivity contribution in [3.63, 3.8) is 0 Å². The van der Waals surface area contributed by atoms with E-state index in [9.17, 15) is 0 Å². The molecular formula is C12H23N3S. The molecule has 0 saturated heterocycles. The minimum Gasteiger partial charge on any atom is -0.313 e. The SMILES string of the molecule is Cc1nc(C)c(C(C)NCCNC(C)C)s1. The monoisotopic (exact) mass is 241 g/mol. The highest BCUT2D eigenvalue weighted by atomic mass is 32.1. The molecule has 0 bridgehead atoms. The highest BCUT2D eigenvalue weighted by Crippen LogP contribution is 2.23. The van der Waals surface area contributed by atoms with Gasteiger partial charge in [-0.05, 0) is 20.8 Å². The molecule has 0 aromatic carbocycles. The molecule has 1 aromatic heterocycles. The standard InChI is InChI=1S/C12H23N3S/c1-8(2)13-6-7-14-9(3)12-10(4)15-11(5)16-12/h8-9,13-14H,6-7H2,1-5H3. The Hall–Kier alpha value is -0.450. The first-order chi connectivity index (χ1) is 7.50. The summed E-state index contributed by atoms with van der Waals surface area (Å²) < 4.78 is 0. The second-order valence-electron chi connectivity index (χ2n) is 4.47. The smallest absolute Gasteiger partial charge is 0.0900 e. The zero-order valence-electron chi connectivity index (χ0n) is 10.9. The van der Waals surface area contributed by atoms with Gasteiger partial charge >= 0.3 is 0 Å². The molecule has 4 heteroatoms. The second kappa shape index (κ2) is 6.33. The summed E-state index contributed by atoms with van der Waals surface area (Å²) in [6, 6.07) is 0.963. The molecule has 16 heavy (non-hydrogen) atoms. The number of hydrogen-bond acceptors (Lipinski definition) is 4. The van der Waals surface area contributed by atoms with Gasteiger partial charge in [0.25, 0.3) is 0 Å². The van der Waals surface area contributed by atoms with E-state index in [1.54, 1.807) is 11.3 Å². The third kappa shape index (κ3) is 4.20. The highest BCUT2D eigenvalue weighted by Gasteiger charge is 2.11. The van der Waals surface area contributed by atoms with Gasteiger partial charge in [-0.3, -0.25) is 0 Å². The molecule has 0 saturated carbocycles. The molecule has 92 valence electrons. The van der Waals surface area contributed by atoms with Crippen LogP contribution in [-0.2, 0) is 0 Å². The highest BCUT2D eigenvalue weighted by molar-refractivity contribution is 7.11. The Bertz CT molecular complexity index is 320. The quantitative estimate of drug-likeness (QED) is 0.751. The van der Waals surface area contributed by atoms with Gasteiger partial charge in [-0.25, -0.2) is 4.98 Å². The fraction of sp³-hybridized carbons (Fsp3) is 0.750. The zero-order valence-corrected chi connectivity index (χ0v) is 11.7. The van der Waals surface area contributed by atoms with Crippen molar-refractivity contribution in [2.75, 3.05) is 13.1 Å². The summed E-state index contributed by atoms with van der Waals surface area (Å²) in [5, 5.41) is 8.07. The molecule has 1 atom stereocenters. The van der Waals surface area contributed by atoms with Crippen molar-refractivity contribution in [2.45, 2.75) is 46.7 Å². The van der Waals surface area contributed by atoms with E-state index in [-0.39, 0.29) is 0 Å². The molecule has 0 aliphatic rings. The molecule has 1 aromatic rings. The van der Waals surface area contributed by atoms with Crippen LogP contribution in [-0.4, -0.2) is 24.1 Å². The van der Waals surface area contributed by atoms with E-state index in [0.717, 1.165) is 18.1 Å². The van der Waals surface area contributed by atoms with Crippen LogP contribution in [0.1, 0.15) is 42.4 Å². The van der Waals surface area contributed by atoms with Crippen LogP contribution in [0, 0.1) is 13.8 Å². The summed E-state index contributed by atoms with van der Waals surface area (Å²) in [6.07, 6.45) is 0. The van der Waals surface area contributed by atoms with Gasteiger partial charge in [0.15, 0.2) is 0 Å². The molecule has 0 radical (unpaired) electrons. The van der Waals surface area contributed by atoms with Crippen LogP contribution >= 0.6 is 11.3 Å². The number of hydrogen-bond donors (Lipinski definition) is 2. The van der Waals surface area contributed by atoms with Crippen LogP contribution in [0.2, 0.25) is 0 Å². The van der Waals surface area contributed by atoms with Crippen molar-refractivity contribution < 1.29 is 0 Å². The van der Waals surface area contributed by atoms with Crippen LogP contribution < -0.4 is 10.6 Å². The Kier molecular flexibility index (Phi) is 5.38. The molecular weight excluding hydrogens is 218 g/mol. The van der Waals surface area contributed by atoms with Crippen LogP contribution in [0.4, 0.5) is 0 Å². The van der Waals surface area contributed by atoms with E-state index in [4.69, 9.17) is 0 Å². The minimum atomic E-state index is 0.403. The van der Waals surface area contributed by atoms with Gasteiger partial charge in [0.1, 0.15) is 0 Å². The van der Waals surface area contributed by atoms with Gasteiger partial charge in [-0.2, -0.15) is 0 Å². The summed E-state index contributed by atoms with van der Waals surface area (Å²) in [5.41, 5.74) is 1.17. The van der Waals surface area contributed by atoms with E-state index in [1.165, 1.54) is 10.6 Å². The predicted octanol–water partition coefficient (Wildman–Crippen LogP) is 2.41. The fourth-order valence-corrected chi connectivity index (χ4v) is 2.65. The lowest BCUT2D eigenvalue weighted by atomic mass is 10.2. The molecule has 1 unspecified atom stereocenters. The molecule has 0 aliphatic carbocycles. The van der Waals surface area contributed by atoms with Crippen molar-refractivity contribution in [3.05, 3.63) is 15.6 Å². The van der Waals surface area contributed by atoms with E-state index < -0.39 is 0 Å². The third-order valence-electron chi connectivity index (χ3n) is 2.46. The van der Waals surface area contributed by atoms with Crippen LogP contribution in [0.25, 0.3) is 0 Å². The molecule has 2 N–H and O–H groups in total. The maximum atomic E-state index is 4.45. The first-order valence-corrected chi connectivity index (χ1v) is 6.73. The van der Waals surface area contributed by atoms with Gasteiger partial charge in [0.05, 0.1) is 10.7 Å². The summed E-state index contributed by atoms with van der Waals surface area (Å²) in [4.78, 5) is 5.81. The van der Waals surface area contributed by atoms with Crippen LogP contribution in [0.3, 0.4) is 0 Å². The van der Waals surface area contributed by atoms with Gasteiger partial charge in [-0.15, -0.1) is 11.3 Å². The van der Waals surface area contributed by atoms with Crippen LogP contribution in [0.5, 0.6) is 0 Å². The molecule has 0 spiro atoms. The molecule has 0 amide bonds. The van der Waals surface area contributed by atoms with Crippen LogP contribution in [0.15, 0.2) is 0 Å². The Morgan fingerprint density at radius 2 is 1.75 bits per heavy atom. The third-order valence-corrected chi connectivity index (χ3v) is 3.72. The lowest BCUT2D eigenvalue weighted by molar-refractivity contribution is 0.520. The van der Waals surface area contributed by atoms with Gasteiger partial charge < -0.3 is 10.6 Å². The van der Waals surface area contributed by atoms with Gasteiger partial charge in [0, 0.05) is 30.1 Å². The normalized spacial score (nSPS) is 13.4. The predicted molar refractivity (Wildman–Crippen MR) is 71.1 cm³/mol. The largest absolute Gasteiger partial charge is 0.313 e. The van der Waals surface area contributed by atoms with Crippen molar-refractivity contribution >= 4 is 11.3 Å². The van der Waals surface area contributed by atoms with E-state index >= 15 is 0 Å². The van der Waals surface area contributed by atoms with Crippen molar-refractivity contribution in [1.29, 1.82) is 0 Å². The Morgan fingerprint density at radius 1 is 1.12 bits per heavy atom. The maximum absolute atomic E-state index is 4.45. The summed E-state index contributed by atoms with van der Waals surface area (Å²) in [7, 11) is 0. The maximum Gasteiger partial charge on any atom is 0.0900 e. The lowest BCUT2D eigenvalue weighted by Gasteiger charge is -2.14. The Balaban J connectivity index is 2.35. The number of thiazole rings is 1. The van der Waals surface area contributed by atoms with E-state index in [1.807, 2.05) is 0 Å². The van der Waals surface area contributed by atoms with E-state index in [2.05, 4.69) is 50.2 Å². The minimum absolute atomic E-state index is 0.403. The van der Waals surface area contributed by atoms with Crippen molar-refractivity contribution in [1.82, 2.24) is 15.6 Å². The second-order valence-corrected chi connectivity index (χ2v) is 5.70. The molecule has 1 heterocycles. The molecule has 3 nitrogen and oxygen atoms in total. The summed E-state index contributed by atoms with van der Waals surface area (Å²) in [6.45, 7) is 12.7. The molecule has 1 rings (SSSR count). The summed E-state index contributed by atoms with van der Waals surface area (Å²) in [5.74, 6) is 0. The van der Waals surface area contributed by atoms with E-state index in [0.29, 0.717) is 12.1 Å². The number of aromatic nitrogens is 1. The van der Waals surface area contributed by atoms with Crippen molar-refractivity contribution in [3.8, 4) is 0 Å². The topological polar surface area (TPSA) is 37.0 Å². The Morgan fingerprint density at radius 3 is 2.25 bits per heavy atom. The zero-order chi connectivity index (χ0) is 12.1.